The molecular formula is C20H19ClN4OS2. The number of rotatable bonds is 4. The zero-order chi connectivity index (χ0) is 19.5. The van der Waals surface area contributed by atoms with Crippen LogP contribution in [0.25, 0.3) is 11.4 Å². The summed E-state index contributed by atoms with van der Waals surface area (Å²) < 4.78 is 0. The van der Waals surface area contributed by atoms with E-state index in [1.165, 1.54) is 11.8 Å². The average Bonchev–Trinajstić information content (AvgIpc) is 3.10. The smallest absolute Gasteiger partial charge is 0.237 e. The molecule has 0 spiro atoms. The van der Waals surface area contributed by atoms with Gasteiger partial charge in [0, 0.05) is 27.3 Å². The molecule has 0 aliphatic carbocycles. The van der Waals surface area contributed by atoms with Crippen molar-refractivity contribution in [3.63, 3.8) is 0 Å². The van der Waals surface area contributed by atoms with Gasteiger partial charge in [-0.25, -0.2) is 4.98 Å². The van der Waals surface area contributed by atoms with E-state index in [-0.39, 0.29) is 5.91 Å². The highest BCUT2D eigenvalue weighted by molar-refractivity contribution is 8.00. The number of anilines is 1. The Hall–Kier alpha value is -1.96. The van der Waals surface area contributed by atoms with Gasteiger partial charge in [0.25, 0.3) is 0 Å². The molecule has 3 aromatic rings. The molecule has 1 aliphatic heterocycles. The van der Waals surface area contributed by atoms with Crippen molar-refractivity contribution in [3.8, 4) is 11.4 Å². The topological polar surface area (TPSA) is 61.9 Å². The number of carbonyl (C=O) groups excluding carboxylic acids is 1. The van der Waals surface area contributed by atoms with Crippen LogP contribution in [0.2, 0.25) is 5.02 Å². The first-order valence-electron chi connectivity index (χ1n) is 8.97. The van der Waals surface area contributed by atoms with E-state index in [1.54, 1.807) is 0 Å². The highest BCUT2D eigenvalue weighted by Gasteiger charge is 2.24. The molecule has 0 fully saturated rings. The normalized spacial score (nSPS) is 16.5. The molecule has 1 atom stereocenters. The number of aromatic amines is 1. The molecule has 4 rings (SSSR count). The Morgan fingerprint density at radius 1 is 1.29 bits per heavy atom. The van der Waals surface area contributed by atoms with Crippen molar-refractivity contribution >= 4 is 46.7 Å². The fourth-order valence-corrected chi connectivity index (χ4v) is 4.91. The van der Waals surface area contributed by atoms with Crippen LogP contribution >= 0.6 is 35.1 Å². The number of hydrogen-bond acceptors (Lipinski definition) is 5. The minimum absolute atomic E-state index is 0.0741. The van der Waals surface area contributed by atoms with Gasteiger partial charge in [-0.05, 0) is 42.8 Å². The Balaban J connectivity index is 1.44. The summed E-state index contributed by atoms with van der Waals surface area (Å²) >= 11 is 9.10. The standard InChI is InChI=1S/C20H19ClN4OS2/c1-13-10-11-25(16-4-2-3-5-17(16)28-13)18(26)12-27-20-22-19(23-24-20)14-6-8-15(21)9-7-14/h2-9,13H,10-12H2,1H3,(H,22,23,24)/t13-/m1/s1. The van der Waals surface area contributed by atoms with E-state index in [1.807, 2.05) is 59.1 Å². The van der Waals surface area contributed by atoms with E-state index >= 15 is 0 Å². The first kappa shape index (κ1) is 19.4. The molecule has 0 saturated heterocycles. The molecule has 144 valence electrons. The van der Waals surface area contributed by atoms with Gasteiger partial charge >= 0.3 is 0 Å². The second kappa shape index (κ2) is 8.59. The van der Waals surface area contributed by atoms with Crippen LogP contribution in [0, 0.1) is 0 Å². The van der Waals surface area contributed by atoms with Gasteiger partial charge in [-0.15, -0.1) is 16.9 Å². The van der Waals surface area contributed by atoms with Crippen molar-refractivity contribution in [2.45, 2.75) is 28.6 Å². The number of aromatic nitrogens is 3. The number of fused-ring (bicyclic) bond motifs is 1. The van der Waals surface area contributed by atoms with Gasteiger partial charge in [-0.2, -0.15) is 0 Å². The van der Waals surface area contributed by atoms with E-state index in [0.717, 1.165) is 29.1 Å². The number of halogens is 1. The number of H-pyrrole nitrogens is 1. The van der Waals surface area contributed by atoms with Crippen molar-refractivity contribution < 1.29 is 4.79 Å². The molecule has 2 aromatic carbocycles. The first-order chi connectivity index (χ1) is 13.6. The van der Waals surface area contributed by atoms with Gasteiger partial charge in [0.05, 0.1) is 11.4 Å². The third-order valence-electron chi connectivity index (χ3n) is 4.45. The van der Waals surface area contributed by atoms with E-state index in [9.17, 15) is 4.79 Å². The fraction of sp³-hybridized carbons (Fsp3) is 0.250. The highest BCUT2D eigenvalue weighted by Crippen LogP contribution is 2.37. The molecule has 0 radical (unpaired) electrons. The lowest BCUT2D eigenvalue weighted by Gasteiger charge is -2.22. The average molecular weight is 431 g/mol. The summed E-state index contributed by atoms with van der Waals surface area (Å²) in [6, 6.07) is 15.5. The molecule has 1 amide bonds. The van der Waals surface area contributed by atoms with Gasteiger partial charge in [-0.1, -0.05) is 42.4 Å². The van der Waals surface area contributed by atoms with Crippen LogP contribution in [0.1, 0.15) is 13.3 Å². The molecule has 0 bridgehead atoms. The highest BCUT2D eigenvalue weighted by atomic mass is 35.5. The van der Waals surface area contributed by atoms with E-state index in [2.05, 4.69) is 28.2 Å². The Morgan fingerprint density at radius 3 is 2.89 bits per heavy atom. The fourth-order valence-electron chi connectivity index (χ4n) is 3.00. The van der Waals surface area contributed by atoms with Gasteiger partial charge in [0.2, 0.25) is 11.1 Å². The SMILES string of the molecule is C[C@@H]1CCN(C(=O)CSc2n[nH]c(-c3ccc(Cl)cc3)n2)c2ccccc2S1. The summed E-state index contributed by atoms with van der Waals surface area (Å²) in [5.74, 6) is 1.03. The number of para-hydroxylation sites is 1. The molecule has 1 aromatic heterocycles. The molecule has 28 heavy (non-hydrogen) atoms. The van der Waals surface area contributed by atoms with Gasteiger partial charge in [0.1, 0.15) is 0 Å². The minimum atomic E-state index is 0.0741. The van der Waals surface area contributed by atoms with Crippen LogP contribution in [0.15, 0.2) is 58.6 Å². The van der Waals surface area contributed by atoms with Crippen LogP contribution < -0.4 is 4.90 Å². The maximum absolute atomic E-state index is 12.9. The van der Waals surface area contributed by atoms with Gasteiger partial charge in [-0.3, -0.25) is 9.89 Å². The number of carbonyl (C=O) groups is 1. The van der Waals surface area contributed by atoms with E-state index in [4.69, 9.17) is 11.6 Å². The minimum Gasteiger partial charge on any atom is -0.311 e. The maximum Gasteiger partial charge on any atom is 0.237 e. The maximum atomic E-state index is 12.9. The van der Waals surface area contributed by atoms with Gasteiger partial charge in [0.15, 0.2) is 5.82 Å². The Kier molecular flexibility index (Phi) is 5.94. The Morgan fingerprint density at radius 2 is 2.07 bits per heavy atom. The predicted octanol–water partition coefficient (Wildman–Crippen LogP) is 5.13. The van der Waals surface area contributed by atoms with Crippen LogP contribution in [0.5, 0.6) is 0 Å². The van der Waals surface area contributed by atoms with Crippen LogP contribution in [0.3, 0.4) is 0 Å². The summed E-state index contributed by atoms with van der Waals surface area (Å²) in [5, 5.41) is 8.87. The second-order valence-electron chi connectivity index (χ2n) is 6.49. The molecule has 2 heterocycles. The third kappa shape index (κ3) is 4.37. The number of benzene rings is 2. The van der Waals surface area contributed by atoms with Crippen LogP contribution in [-0.2, 0) is 4.79 Å². The molecule has 0 saturated carbocycles. The Bertz CT molecular complexity index is 976. The third-order valence-corrected chi connectivity index (χ3v) is 6.77. The van der Waals surface area contributed by atoms with Crippen molar-refractivity contribution in [1.29, 1.82) is 0 Å². The second-order valence-corrected chi connectivity index (χ2v) is 9.35. The summed E-state index contributed by atoms with van der Waals surface area (Å²) in [5.41, 5.74) is 1.90. The summed E-state index contributed by atoms with van der Waals surface area (Å²) in [6.07, 6.45) is 0.969. The van der Waals surface area contributed by atoms with Crippen molar-refractivity contribution in [2.24, 2.45) is 0 Å². The zero-order valence-electron chi connectivity index (χ0n) is 15.3. The molecule has 5 nitrogen and oxygen atoms in total. The van der Waals surface area contributed by atoms with Crippen LogP contribution in [0.4, 0.5) is 5.69 Å². The van der Waals surface area contributed by atoms with Crippen molar-refractivity contribution in [2.75, 3.05) is 17.2 Å². The monoisotopic (exact) mass is 430 g/mol. The van der Waals surface area contributed by atoms with E-state index < -0.39 is 0 Å². The molecule has 1 N–H and O–H groups in total. The molecule has 1 aliphatic rings. The molecule has 8 heteroatoms. The Labute approximate surface area is 177 Å². The summed E-state index contributed by atoms with van der Waals surface area (Å²) in [4.78, 5) is 20.5. The van der Waals surface area contributed by atoms with Crippen LogP contribution in [-0.4, -0.2) is 38.6 Å². The predicted molar refractivity (Wildman–Crippen MR) is 116 cm³/mol. The number of nitrogens with zero attached hydrogens (tertiary/aromatic N) is 3. The van der Waals surface area contributed by atoms with Gasteiger partial charge < -0.3 is 4.90 Å². The zero-order valence-corrected chi connectivity index (χ0v) is 17.7. The number of thioether (sulfide) groups is 2. The van der Waals surface area contributed by atoms with E-state index in [0.29, 0.717) is 27.0 Å². The number of nitrogens with one attached hydrogen (secondary N) is 1. The quantitative estimate of drug-likeness (QED) is 0.581. The summed E-state index contributed by atoms with van der Waals surface area (Å²) in [6.45, 7) is 2.94. The lowest BCUT2D eigenvalue weighted by atomic mass is 10.2. The molecule has 0 unspecified atom stereocenters. The largest absolute Gasteiger partial charge is 0.311 e. The lowest BCUT2D eigenvalue weighted by Crippen LogP contribution is -2.33. The first-order valence-corrected chi connectivity index (χ1v) is 11.2. The lowest BCUT2D eigenvalue weighted by molar-refractivity contribution is -0.116. The summed E-state index contributed by atoms with van der Waals surface area (Å²) in [7, 11) is 0. The van der Waals surface area contributed by atoms with Crippen molar-refractivity contribution in [3.05, 3.63) is 53.6 Å². The number of amides is 1. The molecular weight excluding hydrogens is 412 g/mol. The van der Waals surface area contributed by atoms with Crippen molar-refractivity contribution in [1.82, 2.24) is 15.2 Å². The number of hydrogen-bond donors (Lipinski definition) is 1.